The monoisotopic (exact) mass is 410 g/mol. The van der Waals surface area contributed by atoms with Crippen LogP contribution in [0.15, 0.2) is 54.7 Å². The number of anilines is 2. The smallest absolute Gasteiger partial charge is 0.319 e. The SMILES string of the molecule is Nc1cc(Oc2ccc3c(c2)[C@H]2[C@H](NC(=O)Nc4ccc(F)cc4F)[C@H]2O3)ccn1. The molecule has 0 radical (unpaired) electrons. The summed E-state index contributed by atoms with van der Waals surface area (Å²) in [6, 6.07) is 10.9. The van der Waals surface area contributed by atoms with Gasteiger partial charge in [0.25, 0.3) is 0 Å². The number of pyridine rings is 1. The summed E-state index contributed by atoms with van der Waals surface area (Å²) in [5.74, 6) is 0.654. The van der Waals surface area contributed by atoms with Gasteiger partial charge in [-0.15, -0.1) is 0 Å². The van der Waals surface area contributed by atoms with Crippen LogP contribution in [0.5, 0.6) is 17.2 Å². The molecule has 0 saturated heterocycles. The number of nitrogen functional groups attached to an aromatic ring is 1. The van der Waals surface area contributed by atoms with Crippen LogP contribution in [0.1, 0.15) is 11.5 Å². The van der Waals surface area contributed by atoms with Crippen LogP contribution in [0.3, 0.4) is 0 Å². The number of nitrogens with two attached hydrogens (primary N) is 1. The topological polar surface area (TPSA) is 98.5 Å². The molecule has 30 heavy (non-hydrogen) atoms. The summed E-state index contributed by atoms with van der Waals surface area (Å²) >= 11 is 0. The number of urea groups is 1. The summed E-state index contributed by atoms with van der Waals surface area (Å²) in [5, 5.41) is 5.14. The zero-order chi connectivity index (χ0) is 20.8. The number of hydrogen-bond donors (Lipinski definition) is 3. The zero-order valence-corrected chi connectivity index (χ0v) is 15.4. The van der Waals surface area contributed by atoms with E-state index in [4.69, 9.17) is 15.2 Å². The lowest BCUT2D eigenvalue weighted by Crippen LogP contribution is -2.34. The Labute approximate surface area is 169 Å². The molecule has 3 atom stereocenters. The van der Waals surface area contributed by atoms with Crippen LogP contribution >= 0.6 is 0 Å². The first-order valence-corrected chi connectivity index (χ1v) is 9.20. The molecule has 7 nitrogen and oxygen atoms in total. The molecule has 152 valence electrons. The number of halogens is 2. The Morgan fingerprint density at radius 1 is 1.10 bits per heavy atom. The highest BCUT2D eigenvalue weighted by Gasteiger charge is 2.59. The van der Waals surface area contributed by atoms with Crippen molar-refractivity contribution in [1.29, 1.82) is 0 Å². The van der Waals surface area contributed by atoms with Crippen LogP contribution in [-0.4, -0.2) is 23.2 Å². The summed E-state index contributed by atoms with van der Waals surface area (Å²) in [7, 11) is 0. The molecule has 9 heteroatoms. The molecule has 1 saturated carbocycles. The molecule has 2 aliphatic rings. The third-order valence-corrected chi connectivity index (χ3v) is 5.02. The lowest BCUT2D eigenvalue weighted by molar-refractivity contribution is 0.246. The average molecular weight is 410 g/mol. The molecule has 2 amide bonds. The summed E-state index contributed by atoms with van der Waals surface area (Å²) < 4.78 is 38.4. The van der Waals surface area contributed by atoms with Gasteiger partial charge < -0.3 is 25.8 Å². The fourth-order valence-electron chi connectivity index (χ4n) is 3.60. The van der Waals surface area contributed by atoms with Gasteiger partial charge in [-0.05, 0) is 36.4 Å². The molecule has 1 fully saturated rings. The molecule has 0 spiro atoms. The van der Waals surface area contributed by atoms with E-state index in [2.05, 4.69) is 15.6 Å². The van der Waals surface area contributed by atoms with Gasteiger partial charge in [0.05, 0.1) is 17.6 Å². The molecule has 4 N–H and O–H groups in total. The fraction of sp³-hybridized carbons (Fsp3) is 0.143. The molecule has 0 bridgehead atoms. The van der Waals surface area contributed by atoms with Crippen LogP contribution in [0.4, 0.5) is 25.1 Å². The Hall–Kier alpha value is -3.88. The zero-order valence-electron chi connectivity index (χ0n) is 15.4. The number of carbonyl (C=O) groups is 1. The van der Waals surface area contributed by atoms with Crippen LogP contribution in [0.2, 0.25) is 0 Å². The van der Waals surface area contributed by atoms with Crippen molar-refractivity contribution < 1.29 is 23.0 Å². The lowest BCUT2D eigenvalue weighted by Gasteiger charge is -2.13. The fourth-order valence-corrected chi connectivity index (χ4v) is 3.60. The number of amides is 2. The molecular formula is C21H16F2N4O3. The van der Waals surface area contributed by atoms with E-state index >= 15 is 0 Å². The number of rotatable bonds is 4. The van der Waals surface area contributed by atoms with Crippen LogP contribution in [0, 0.1) is 11.6 Å². The second-order valence-corrected chi connectivity index (χ2v) is 7.07. The number of benzene rings is 2. The lowest BCUT2D eigenvalue weighted by atomic mass is 10.1. The predicted molar refractivity (Wildman–Crippen MR) is 105 cm³/mol. The van der Waals surface area contributed by atoms with Crippen molar-refractivity contribution in [2.24, 2.45) is 0 Å². The van der Waals surface area contributed by atoms with Gasteiger partial charge in [0.1, 0.15) is 40.8 Å². The van der Waals surface area contributed by atoms with Gasteiger partial charge in [-0.2, -0.15) is 0 Å². The van der Waals surface area contributed by atoms with E-state index in [1.807, 2.05) is 12.1 Å². The third-order valence-electron chi connectivity index (χ3n) is 5.02. The van der Waals surface area contributed by atoms with E-state index in [9.17, 15) is 13.6 Å². The van der Waals surface area contributed by atoms with E-state index in [1.54, 1.807) is 24.4 Å². The van der Waals surface area contributed by atoms with E-state index in [-0.39, 0.29) is 23.8 Å². The number of hydrogen-bond acceptors (Lipinski definition) is 5. The number of nitrogens with zero attached hydrogens (tertiary/aromatic N) is 1. The minimum absolute atomic E-state index is 0.0325. The molecular weight excluding hydrogens is 394 g/mol. The molecule has 1 aliphatic heterocycles. The van der Waals surface area contributed by atoms with Gasteiger partial charge in [-0.25, -0.2) is 18.6 Å². The van der Waals surface area contributed by atoms with Crippen molar-refractivity contribution >= 4 is 17.5 Å². The van der Waals surface area contributed by atoms with Crippen molar-refractivity contribution in [3.05, 3.63) is 71.9 Å². The maximum Gasteiger partial charge on any atom is 0.319 e. The van der Waals surface area contributed by atoms with Gasteiger partial charge in [-0.1, -0.05) is 0 Å². The summed E-state index contributed by atoms with van der Waals surface area (Å²) in [4.78, 5) is 16.1. The standard InChI is InChI=1S/C21H16F2N4O3/c22-10-1-3-15(14(23)7-10)26-21(28)27-19-18-13-8-11(2-4-16(13)30-20(18)19)29-12-5-6-25-17(24)9-12/h1-9,18-20H,(H2,24,25)(H2,26,27,28)/t18-,19-,20-/m0/s1. The number of fused-ring (bicyclic) bond motifs is 3. The Bertz CT molecular complexity index is 1160. The summed E-state index contributed by atoms with van der Waals surface area (Å²) in [5.41, 5.74) is 6.48. The largest absolute Gasteiger partial charge is 0.487 e. The Kier molecular flexibility index (Phi) is 4.16. The Morgan fingerprint density at radius 3 is 2.73 bits per heavy atom. The number of carbonyl (C=O) groups excluding carboxylic acids is 1. The molecule has 0 unspecified atom stereocenters. The highest BCUT2D eigenvalue weighted by Crippen LogP contribution is 2.54. The van der Waals surface area contributed by atoms with Crippen molar-refractivity contribution in [3.63, 3.8) is 0 Å². The maximum absolute atomic E-state index is 13.7. The van der Waals surface area contributed by atoms with Gasteiger partial charge >= 0.3 is 6.03 Å². The minimum atomic E-state index is -0.846. The molecule has 2 heterocycles. The van der Waals surface area contributed by atoms with Crippen molar-refractivity contribution in [3.8, 4) is 17.2 Å². The van der Waals surface area contributed by atoms with E-state index in [0.717, 1.165) is 17.4 Å². The molecule has 1 aromatic heterocycles. The molecule has 5 rings (SSSR count). The predicted octanol–water partition coefficient (Wildman–Crippen LogP) is 3.78. The van der Waals surface area contributed by atoms with E-state index in [1.165, 1.54) is 6.07 Å². The first kappa shape index (κ1) is 18.2. The van der Waals surface area contributed by atoms with Gasteiger partial charge in [0, 0.05) is 23.9 Å². The van der Waals surface area contributed by atoms with Gasteiger partial charge in [-0.3, -0.25) is 0 Å². The minimum Gasteiger partial charge on any atom is -0.487 e. The van der Waals surface area contributed by atoms with Crippen LogP contribution < -0.4 is 25.8 Å². The normalized spacial score (nSPS) is 20.5. The Balaban J connectivity index is 1.25. The first-order valence-electron chi connectivity index (χ1n) is 9.20. The van der Waals surface area contributed by atoms with Crippen molar-refractivity contribution in [2.45, 2.75) is 18.1 Å². The van der Waals surface area contributed by atoms with Gasteiger partial charge in [0.15, 0.2) is 0 Å². The third kappa shape index (κ3) is 3.34. The maximum atomic E-state index is 13.7. The molecule has 3 aromatic rings. The quantitative estimate of drug-likeness (QED) is 0.608. The summed E-state index contributed by atoms with van der Waals surface area (Å²) in [6.45, 7) is 0. The number of ether oxygens (including phenoxy) is 2. The van der Waals surface area contributed by atoms with E-state index in [0.29, 0.717) is 23.4 Å². The van der Waals surface area contributed by atoms with E-state index < -0.39 is 17.7 Å². The van der Waals surface area contributed by atoms with Crippen LogP contribution in [0.25, 0.3) is 0 Å². The number of aromatic nitrogens is 1. The summed E-state index contributed by atoms with van der Waals surface area (Å²) in [6.07, 6.45) is 1.36. The van der Waals surface area contributed by atoms with Crippen LogP contribution in [-0.2, 0) is 0 Å². The molecule has 2 aromatic carbocycles. The Morgan fingerprint density at radius 2 is 1.93 bits per heavy atom. The van der Waals surface area contributed by atoms with Crippen molar-refractivity contribution in [1.82, 2.24) is 10.3 Å². The second-order valence-electron chi connectivity index (χ2n) is 7.07. The molecule has 1 aliphatic carbocycles. The average Bonchev–Trinajstić information content (AvgIpc) is 3.21. The number of nitrogens with one attached hydrogen (secondary N) is 2. The second kappa shape index (κ2) is 6.87. The highest BCUT2D eigenvalue weighted by atomic mass is 19.1. The first-order chi connectivity index (χ1) is 14.5. The highest BCUT2D eigenvalue weighted by molar-refractivity contribution is 5.90. The van der Waals surface area contributed by atoms with Gasteiger partial charge in [0.2, 0.25) is 0 Å². The van der Waals surface area contributed by atoms with Crippen molar-refractivity contribution in [2.75, 3.05) is 11.1 Å².